The molecule has 52 valence electrons. The van der Waals surface area contributed by atoms with E-state index >= 15 is 0 Å². The standard InChI is InChI=1S/C10H12/c1-3-7-8(4-1)10-6-2-5-9(7)10/h1-3,5,7-10H,4,6H2. The van der Waals surface area contributed by atoms with Gasteiger partial charge in [0.25, 0.3) is 0 Å². The monoisotopic (exact) mass is 132 g/mol. The molecule has 0 N–H and O–H groups in total. The Morgan fingerprint density at radius 2 is 1.30 bits per heavy atom. The highest BCUT2D eigenvalue weighted by atomic mass is 14.5. The molecule has 3 rings (SSSR count). The van der Waals surface area contributed by atoms with Gasteiger partial charge in [0.05, 0.1) is 0 Å². The van der Waals surface area contributed by atoms with Gasteiger partial charge in [-0.25, -0.2) is 0 Å². The predicted octanol–water partition coefficient (Wildman–Crippen LogP) is 2.38. The summed E-state index contributed by atoms with van der Waals surface area (Å²) in [4.78, 5) is 0. The predicted molar refractivity (Wildman–Crippen MR) is 41.5 cm³/mol. The molecule has 1 fully saturated rings. The quantitative estimate of drug-likeness (QED) is 0.444. The lowest BCUT2D eigenvalue weighted by atomic mass is 9.59. The van der Waals surface area contributed by atoms with Crippen LogP contribution < -0.4 is 0 Å². The minimum absolute atomic E-state index is 0.948. The Hall–Kier alpha value is -0.520. The second-order valence-corrected chi connectivity index (χ2v) is 3.81. The van der Waals surface area contributed by atoms with E-state index in [0.29, 0.717) is 0 Å². The molecule has 0 heteroatoms. The third kappa shape index (κ3) is 0.416. The topological polar surface area (TPSA) is 0 Å². The molecule has 0 heterocycles. The number of rotatable bonds is 0. The summed E-state index contributed by atoms with van der Waals surface area (Å²) in [7, 11) is 0. The zero-order valence-corrected chi connectivity index (χ0v) is 6.03. The van der Waals surface area contributed by atoms with Gasteiger partial charge < -0.3 is 0 Å². The maximum atomic E-state index is 2.43. The molecule has 3 aliphatic carbocycles. The van der Waals surface area contributed by atoms with E-state index in [1.165, 1.54) is 12.8 Å². The summed E-state index contributed by atoms with van der Waals surface area (Å²) in [6.45, 7) is 0. The summed E-state index contributed by atoms with van der Waals surface area (Å²) in [5, 5.41) is 0. The van der Waals surface area contributed by atoms with Crippen LogP contribution in [0.15, 0.2) is 24.3 Å². The third-order valence-electron chi connectivity index (χ3n) is 3.52. The van der Waals surface area contributed by atoms with Crippen molar-refractivity contribution in [2.45, 2.75) is 12.8 Å². The van der Waals surface area contributed by atoms with Crippen LogP contribution in [0.1, 0.15) is 12.8 Å². The van der Waals surface area contributed by atoms with Gasteiger partial charge in [-0.2, -0.15) is 0 Å². The van der Waals surface area contributed by atoms with Gasteiger partial charge in [0.15, 0.2) is 0 Å². The normalized spacial score (nSPS) is 54.4. The van der Waals surface area contributed by atoms with Gasteiger partial charge >= 0.3 is 0 Å². The molecular weight excluding hydrogens is 120 g/mol. The highest BCUT2D eigenvalue weighted by Gasteiger charge is 2.49. The van der Waals surface area contributed by atoms with Crippen LogP contribution in [-0.2, 0) is 0 Å². The fourth-order valence-corrected chi connectivity index (χ4v) is 2.99. The molecule has 0 radical (unpaired) electrons. The summed E-state index contributed by atoms with van der Waals surface area (Å²) in [6.07, 6.45) is 12.4. The minimum atomic E-state index is 0.948. The second-order valence-electron chi connectivity index (χ2n) is 3.81. The minimum Gasteiger partial charge on any atom is -0.0879 e. The van der Waals surface area contributed by atoms with Crippen molar-refractivity contribution in [1.29, 1.82) is 0 Å². The van der Waals surface area contributed by atoms with Gasteiger partial charge in [-0.1, -0.05) is 24.3 Å². The Kier molecular flexibility index (Phi) is 0.803. The van der Waals surface area contributed by atoms with Crippen molar-refractivity contribution in [1.82, 2.24) is 0 Å². The van der Waals surface area contributed by atoms with E-state index in [2.05, 4.69) is 24.3 Å². The van der Waals surface area contributed by atoms with Gasteiger partial charge in [-0.3, -0.25) is 0 Å². The number of fused-ring (bicyclic) bond motifs is 4. The highest BCUT2D eigenvalue weighted by Crippen LogP contribution is 2.56. The molecule has 10 heavy (non-hydrogen) atoms. The van der Waals surface area contributed by atoms with E-state index in [-0.39, 0.29) is 0 Å². The van der Waals surface area contributed by atoms with E-state index in [0.717, 1.165) is 23.7 Å². The van der Waals surface area contributed by atoms with Crippen molar-refractivity contribution in [2.75, 3.05) is 0 Å². The lowest BCUT2D eigenvalue weighted by Crippen LogP contribution is -2.40. The van der Waals surface area contributed by atoms with Gasteiger partial charge in [-0.15, -0.1) is 0 Å². The molecule has 4 atom stereocenters. The molecular formula is C10H12. The van der Waals surface area contributed by atoms with Crippen molar-refractivity contribution in [2.24, 2.45) is 23.7 Å². The Labute approximate surface area is 61.6 Å². The van der Waals surface area contributed by atoms with E-state index in [4.69, 9.17) is 0 Å². The molecule has 0 aromatic heterocycles. The van der Waals surface area contributed by atoms with E-state index in [9.17, 15) is 0 Å². The molecule has 0 amide bonds. The zero-order chi connectivity index (χ0) is 6.55. The van der Waals surface area contributed by atoms with Crippen molar-refractivity contribution in [3.8, 4) is 0 Å². The number of allylic oxidation sites excluding steroid dienone is 4. The molecule has 0 aliphatic heterocycles. The lowest BCUT2D eigenvalue weighted by molar-refractivity contribution is 0.0727. The smallest absolute Gasteiger partial charge is 0.0133 e. The summed E-state index contributed by atoms with van der Waals surface area (Å²) in [5.41, 5.74) is 0. The first-order chi connectivity index (χ1) is 4.97. The SMILES string of the molecule is C1=CC2C3C=CCC3C2C1. The Balaban J connectivity index is 1.93. The second kappa shape index (κ2) is 1.55. The molecule has 1 saturated carbocycles. The van der Waals surface area contributed by atoms with Crippen LogP contribution in [0.2, 0.25) is 0 Å². The third-order valence-corrected chi connectivity index (χ3v) is 3.52. The highest BCUT2D eigenvalue weighted by molar-refractivity contribution is 5.22. The average molecular weight is 132 g/mol. The molecule has 0 spiro atoms. The Morgan fingerprint density at radius 3 is 1.80 bits per heavy atom. The van der Waals surface area contributed by atoms with Crippen LogP contribution in [0.5, 0.6) is 0 Å². The first kappa shape index (κ1) is 5.17. The maximum absolute atomic E-state index is 2.43. The van der Waals surface area contributed by atoms with Crippen LogP contribution in [0.25, 0.3) is 0 Å². The van der Waals surface area contributed by atoms with Crippen LogP contribution in [0, 0.1) is 23.7 Å². The molecule has 0 bridgehead atoms. The van der Waals surface area contributed by atoms with E-state index < -0.39 is 0 Å². The lowest BCUT2D eigenvalue weighted by Gasteiger charge is -2.44. The van der Waals surface area contributed by atoms with Crippen molar-refractivity contribution in [3.05, 3.63) is 24.3 Å². The van der Waals surface area contributed by atoms with Gasteiger partial charge in [0.1, 0.15) is 0 Å². The van der Waals surface area contributed by atoms with Gasteiger partial charge in [0.2, 0.25) is 0 Å². The van der Waals surface area contributed by atoms with Crippen molar-refractivity contribution < 1.29 is 0 Å². The fourth-order valence-electron chi connectivity index (χ4n) is 2.99. The molecule has 4 unspecified atom stereocenters. The average Bonchev–Trinajstić information content (AvgIpc) is 2.42. The molecule has 0 nitrogen and oxygen atoms in total. The zero-order valence-electron chi connectivity index (χ0n) is 6.03. The van der Waals surface area contributed by atoms with Gasteiger partial charge in [0, 0.05) is 0 Å². The Morgan fingerprint density at radius 1 is 0.800 bits per heavy atom. The summed E-state index contributed by atoms with van der Waals surface area (Å²) in [5.74, 6) is 3.98. The molecule has 0 aromatic rings. The molecule has 0 aromatic carbocycles. The van der Waals surface area contributed by atoms with E-state index in [1.54, 1.807) is 0 Å². The van der Waals surface area contributed by atoms with Gasteiger partial charge in [-0.05, 0) is 36.5 Å². The van der Waals surface area contributed by atoms with Crippen molar-refractivity contribution >= 4 is 0 Å². The first-order valence-corrected chi connectivity index (χ1v) is 4.30. The number of hydrogen-bond donors (Lipinski definition) is 0. The summed E-state index contributed by atoms with van der Waals surface area (Å²) < 4.78 is 0. The first-order valence-electron chi connectivity index (χ1n) is 4.30. The molecule has 3 aliphatic rings. The maximum Gasteiger partial charge on any atom is -0.0133 e. The summed E-state index contributed by atoms with van der Waals surface area (Å²) >= 11 is 0. The summed E-state index contributed by atoms with van der Waals surface area (Å²) in [6, 6.07) is 0. The van der Waals surface area contributed by atoms with Crippen LogP contribution in [0.4, 0.5) is 0 Å². The van der Waals surface area contributed by atoms with Crippen LogP contribution in [-0.4, -0.2) is 0 Å². The largest absolute Gasteiger partial charge is 0.0879 e. The fraction of sp³-hybridized carbons (Fsp3) is 0.600. The Bertz CT molecular complexity index is 188. The molecule has 0 saturated heterocycles. The van der Waals surface area contributed by atoms with Crippen molar-refractivity contribution in [3.63, 3.8) is 0 Å². The van der Waals surface area contributed by atoms with Crippen LogP contribution in [0.3, 0.4) is 0 Å². The van der Waals surface area contributed by atoms with E-state index in [1.807, 2.05) is 0 Å². The van der Waals surface area contributed by atoms with Crippen LogP contribution >= 0.6 is 0 Å². The number of hydrogen-bond acceptors (Lipinski definition) is 0.